The SMILES string of the molecule is Cc1cc(O[Si](C(C)C)(C(C)C)C(C)C)cc(-n2nc(C(C)(C)C)cc2NC(=O)NCC[C@H]2CC[C@@H](Oc3ccc4nnc(N5CCCCC5)n4c3)c3ccccc32)c1. The number of hydrogen-bond acceptors (Lipinski definition) is 7. The van der Waals surface area contributed by atoms with Crippen molar-refractivity contribution in [2.24, 2.45) is 0 Å². The second kappa shape index (κ2) is 17.4. The molecule has 2 aliphatic rings. The zero-order valence-electron chi connectivity index (χ0n) is 37.0. The number of piperidine rings is 1. The Morgan fingerprint density at radius 2 is 1.58 bits per heavy atom. The zero-order valence-corrected chi connectivity index (χ0v) is 38.0. The van der Waals surface area contributed by atoms with E-state index in [1.165, 1.54) is 30.4 Å². The summed E-state index contributed by atoms with van der Waals surface area (Å²) in [6.45, 7) is 24.9. The van der Waals surface area contributed by atoms with E-state index in [1.807, 2.05) is 29.1 Å². The number of carbonyl (C=O) groups excluding carboxylic acids is 1. The summed E-state index contributed by atoms with van der Waals surface area (Å²) in [7, 11) is -2.19. The Morgan fingerprint density at radius 1 is 0.864 bits per heavy atom. The van der Waals surface area contributed by atoms with Crippen molar-refractivity contribution in [2.75, 3.05) is 29.9 Å². The summed E-state index contributed by atoms with van der Waals surface area (Å²) in [5.41, 5.74) is 7.29. The van der Waals surface area contributed by atoms with Crippen molar-refractivity contribution in [3.8, 4) is 17.2 Å². The minimum absolute atomic E-state index is 0.0594. The van der Waals surface area contributed by atoms with E-state index < -0.39 is 8.32 Å². The van der Waals surface area contributed by atoms with Crippen LogP contribution in [0.1, 0.15) is 135 Å². The van der Waals surface area contributed by atoms with Gasteiger partial charge in [0, 0.05) is 37.2 Å². The molecule has 1 fully saturated rings. The first-order valence-corrected chi connectivity index (χ1v) is 24.1. The molecule has 11 nitrogen and oxygen atoms in total. The Bertz CT molecular complexity index is 2210. The smallest absolute Gasteiger partial charge is 0.320 e. The van der Waals surface area contributed by atoms with E-state index in [2.05, 4.69) is 142 Å². The van der Waals surface area contributed by atoms with Crippen molar-refractivity contribution in [3.05, 3.63) is 89.2 Å². The number of urea groups is 1. The first-order chi connectivity index (χ1) is 28.1. The van der Waals surface area contributed by atoms with Crippen LogP contribution in [0.15, 0.2) is 66.9 Å². The number of benzene rings is 2. The number of anilines is 2. The second-order valence-electron chi connectivity index (χ2n) is 18.8. The fourth-order valence-electron chi connectivity index (χ4n) is 9.69. The Balaban J connectivity index is 1.03. The van der Waals surface area contributed by atoms with Gasteiger partial charge in [-0.05, 0) is 109 Å². The van der Waals surface area contributed by atoms with Gasteiger partial charge in [-0.25, -0.2) is 9.48 Å². The van der Waals surface area contributed by atoms with E-state index in [9.17, 15) is 4.79 Å². The highest BCUT2D eigenvalue weighted by Crippen LogP contribution is 2.44. The molecule has 0 saturated carbocycles. The molecule has 0 bridgehead atoms. The number of aryl methyl sites for hydroxylation is 1. The van der Waals surface area contributed by atoms with E-state index in [4.69, 9.17) is 14.3 Å². The highest BCUT2D eigenvalue weighted by Gasteiger charge is 2.47. The molecule has 1 aliphatic heterocycles. The monoisotopic (exact) mass is 819 g/mol. The van der Waals surface area contributed by atoms with Gasteiger partial charge in [0.15, 0.2) is 5.65 Å². The minimum Gasteiger partial charge on any atom is -0.543 e. The lowest BCUT2D eigenvalue weighted by atomic mass is 9.79. The van der Waals surface area contributed by atoms with Crippen molar-refractivity contribution >= 4 is 31.8 Å². The molecule has 0 spiro atoms. The maximum absolute atomic E-state index is 13.6. The third-order valence-corrected chi connectivity index (χ3v) is 18.6. The largest absolute Gasteiger partial charge is 0.543 e. The number of amides is 2. The fraction of sp³-hybridized carbons (Fsp3) is 0.532. The number of hydrogen-bond donors (Lipinski definition) is 2. The molecule has 12 heteroatoms. The lowest BCUT2D eigenvalue weighted by molar-refractivity contribution is 0.174. The normalized spacial score (nSPS) is 17.5. The molecule has 0 unspecified atom stereocenters. The number of fused-ring (bicyclic) bond motifs is 2. The van der Waals surface area contributed by atoms with Gasteiger partial charge in [0.05, 0.1) is 17.6 Å². The number of nitrogens with one attached hydrogen (secondary N) is 2. The van der Waals surface area contributed by atoms with Gasteiger partial charge in [-0.2, -0.15) is 5.10 Å². The third-order valence-electron chi connectivity index (χ3n) is 12.6. The van der Waals surface area contributed by atoms with Crippen LogP contribution in [-0.4, -0.2) is 58.4 Å². The molecule has 2 N–H and O–H groups in total. The summed E-state index contributed by atoms with van der Waals surface area (Å²) in [5.74, 6) is 3.50. The molecule has 4 heterocycles. The van der Waals surface area contributed by atoms with Crippen molar-refractivity contribution in [1.82, 2.24) is 29.7 Å². The molecule has 1 saturated heterocycles. The molecule has 316 valence electrons. The fourth-order valence-corrected chi connectivity index (χ4v) is 14.9. The van der Waals surface area contributed by atoms with Gasteiger partial charge in [-0.3, -0.25) is 9.72 Å². The summed E-state index contributed by atoms with van der Waals surface area (Å²) in [5, 5.41) is 20.3. The molecule has 3 aromatic heterocycles. The zero-order chi connectivity index (χ0) is 42.1. The molecule has 2 amide bonds. The molecule has 59 heavy (non-hydrogen) atoms. The topological polar surface area (TPSA) is 111 Å². The highest BCUT2D eigenvalue weighted by molar-refractivity contribution is 6.78. The lowest BCUT2D eigenvalue weighted by Crippen LogP contribution is -2.50. The van der Waals surface area contributed by atoms with Gasteiger partial charge in [-0.15, -0.1) is 10.2 Å². The van der Waals surface area contributed by atoms with Gasteiger partial charge in [0.1, 0.15) is 23.4 Å². The van der Waals surface area contributed by atoms with Crippen LogP contribution in [0.5, 0.6) is 11.5 Å². The molecule has 1 aliphatic carbocycles. The summed E-state index contributed by atoms with van der Waals surface area (Å²) in [6.07, 6.45) is 8.28. The predicted octanol–water partition coefficient (Wildman–Crippen LogP) is 11.3. The molecule has 7 rings (SSSR count). The maximum atomic E-state index is 13.6. The van der Waals surface area contributed by atoms with E-state index >= 15 is 0 Å². The third kappa shape index (κ3) is 9.02. The summed E-state index contributed by atoms with van der Waals surface area (Å²) < 4.78 is 17.8. The Morgan fingerprint density at radius 3 is 2.27 bits per heavy atom. The molecule has 2 aromatic carbocycles. The van der Waals surface area contributed by atoms with Crippen LogP contribution in [0.3, 0.4) is 0 Å². The number of nitrogens with zero attached hydrogens (tertiary/aromatic N) is 6. The van der Waals surface area contributed by atoms with Gasteiger partial charge in [-0.1, -0.05) is 86.6 Å². The van der Waals surface area contributed by atoms with Crippen LogP contribution in [0.25, 0.3) is 11.3 Å². The number of rotatable bonds is 13. The quantitative estimate of drug-likeness (QED) is 0.114. The van der Waals surface area contributed by atoms with E-state index in [1.54, 1.807) is 0 Å². The lowest BCUT2D eigenvalue weighted by Gasteiger charge is -2.42. The summed E-state index contributed by atoms with van der Waals surface area (Å²) in [6, 6.07) is 20.7. The van der Waals surface area contributed by atoms with Crippen LogP contribution >= 0.6 is 0 Å². The highest BCUT2D eigenvalue weighted by atomic mass is 28.4. The molecular formula is C47H66N8O3Si. The first-order valence-electron chi connectivity index (χ1n) is 22.0. The van der Waals surface area contributed by atoms with Crippen molar-refractivity contribution in [1.29, 1.82) is 0 Å². The minimum atomic E-state index is -2.19. The Hall–Kier alpha value is -4.84. The summed E-state index contributed by atoms with van der Waals surface area (Å²) >= 11 is 0. The maximum Gasteiger partial charge on any atom is 0.320 e. The molecule has 0 radical (unpaired) electrons. The van der Waals surface area contributed by atoms with Crippen molar-refractivity contribution < 1.29 is 14.0 Å². The van der Waals surface area contributed by atoms with Gasteiger partial charge >= 0.3 is 6.03 Å². The van der Waals surface area contributed by atoms with Gasteiger partial charge in [0.2, 0.25) is 5.95 Å². The number of pyridine rings is 1. The van der Waals surface area contributed by atoms with E-state index in [0.29, 0.717) is 34.9 Å². The molecule has 5 aromatic rings. The number of aromatic nitrogens is 5. The second-order valence-corrected chi connectivity index (χ2v) is 24.2. The van der Waals surface area contributed by atoms with Crippen molar-refractivity contribution in [3.63, 3.8) is 0 Å². The predicted molar refractivity (Wildman–Crippen MR) is 241 cm³/mol. The van der Waals surface area contributed by atoms with Crippen LogP contribution in [-0.2, 0) is 5.41 Å². The molecular weight excluding hydrogens is 753 g/mol. The van der Waals surface area contributed by atoms with Crippen LogP contribution < -0.4 is 24.7 Å². The average Bonchev–Trinajstić information content (AvgIpc) is 3.82. The Kier molecular flexibility index (Phi) is 12.5. The van der Waals surface area contributed by atoms with Crippen LogP contribution in [0.2, 0.25) is 16.6 Å². The van der Waals surface area contributed by atoms with Crippen LogP contribution in [0.4, 0.5) is 16.6 Å². The van der Waals surface area contributed by atoms with Crippen molar-refractivity contribution in [2.45, 2.75) is 142 Å². The van der Waals surface area contributed by atoms with Gasteiger partial charge in [0.25, 0.3) is 8.32 Å². The van der Waals surface area contributed by atoms with Gasteiger partial charge < -0.3 is 19.4 Å². The summed E-state index contributed by atoms with van der Waals surface area (Å²) in [4.78, 5) is 16.0. The molecule has 2 atom stereocenters. The standard InChI is InChI=1S/C47H66N8O3Si/c1-31(2)59(32(3)4,33(5)6)58-38-27-34(7)26-36(28-38)55-44(29-42(52-55)47(8,9)10)49-45(56)48-23-22-35-18-20-41(40-17-13-12-16-39(35)40)57-37-19-21-43-50-51-46(54(43)30-37)53-24-14-11-15-25-53/h12-13,16-17,19,21,26-33,35,41H,11,14-15,18,20,22-25H2,1-10H3,(H2,48,49,56)/t35-,41-/m1/s1. The number of ether oxygens (including phenoxy) is 1. The van der Waals surface area contributed by atoms with Crippen LogP contribution in [0, 0.1) is 6.92 Å². The number of carbonyl (C=O) groups is 1. The average molecular weight is 819 g/mol. The Labute approximate surface area is 352 Å². The first kappa shape index (κ1) is 42.3. The van der Waals surface area contributed by atoms with E-state index in [0.717, 1.165) is 72.4 Å². The van der Waals surface area contributed by atoms with E-state index in [-0.39, 0.29) is 17.6 Å².